The van der Waals surface area contributed by atoms with E-state index in [2.05, 4.69) is 4.98 Å². The summed E-state index contributed by atoms with van der Waals surface area (Å²) in [6.45, 7) is 0. The highest BCUT2D eigenvalue weighted by Gasteiger charge is 2.15. The first-order chi connectivity index (χ1) is 9.65. The van der Waals surface area contributed by atoms with Gasteiger partial charge < -0.3 is 10.1 Å². The third kappa shape index (κ3) is 2.40. The van der Waals surface area contributed by atoms with Crippen LogP contribution in [0, 0.1) is 0 Å². The van der Waals surface area contributed by atoms with Gasteiger partial charge in [0.25, 0.3) is 0 Å². The second kappa shape index (κ2) is 5.23. The van der Waals surface area contributed by atoms with Gasteiger partial charge in [-0.25, -0.2) is 4.79 Å². The number of halogens is 1. The van der Waals surface area contributed by atoms with Gasteiger partial charge in [0.1, 0.15) is 0 Å². The van der Waals surface area contributed by atoms with Gasteiger partial charge in [-0.1, -0.05) is 47.6 Å². The van der Waals surface area contributed by atoms with Gasteiger partial charge in [-0.3, -0.25) is 0 Å². The van der Waals surface area contributed by atoms with E-state index in [1.54, 1.807) is 18.2 Å². The average molecular weight is 304 g/mol. The molecule has 0 radical (unpaired) electrons. The molecule has 1 heterocycles. The van der Waals surface area contributed by atoms with E-state index in [1.165, 1.54) is 11.8 Å². The standard InChI is InChI=1S/C15H10ClNO2S/c16-10-5-3-7-12(14(10)15(18)19)20-13-8-9-4-1-2-6-11(9)17-13/h1-8,17H,(H,18,19). The Morgan fingerprint density at radius 3 is 2.70 bits per heavy atom. The molecule has 5 heteroatoms. The summed E-state index contributed by atoms with van der Waals surface area (Å²) in [6, 6.07) is 15.0. The molecule has 0 saturated heterocycles. The predicted molar refractivity (Wildman–Crippen MR) is 80.8 cm³/mol. The summed E-state index contributed by atoms with van der Waals surface area (Å²) in [4.78, 5) is 15.2. The molecule has 3 rings (SSSR count). The van der Waals surface area contributed by atoms with Crippen molar-refractivity contribution in [2.24, 2.45) is 0 Å². The maximum atomic E-state index is 11.3. The number of carboxylic acids is 1. The number of aromatic amines is 1. The number of H-pyrrole nitrogens is 1. The molecule has 1 aromatic heterocycles. The van der Waals surface area contributed by atoms with Crippen LogP contribution in [0.3, 0.4) is 0 Å². The first kappa shape index (κ1) is 13.1. The summed E-state index contributed by atoms with van der Waals surface area (Å²) in [5.41, 5.74) is 1.16. The molecule has 0 saturated carbocycles. The van der Waals surface area contributed by atoms with Crippen LogP contribution in [0.1, 0.15) is 10.4 Å². The summed E-state index contributed by atoms with van der Waals surface area (Å²) < 4.78 is 0. The number of rotatable bonds is 3. The maximum absolute atomic E-state index is 11.3. The number of aromatic nitrogens is 1. The van der Waals surface area contributed by atoms with Crippen LogP contribution in [0.5, 0.6) is 0 Å². The Morgan fingerprint density at radius 1 is 1.15 bits per heavy atom. The molecule has 3 aromatic rings. The van der Waals surface area contributed by atoms with Crippen molar-refractivity contribution in [3.05, 3.63) is 59.1 Å². The monoisotopic (exact) mass is 303 g/mol. The van der Waals surface area contributed by atoms with Crippen molar-refractivity contribution in [2.75, 3.05) is 0 Å². The fourth-order valence-electron chi connectivity index (χ4n) is 2.02. The summed E-state index contributed by atoms with van der Waals surface area (Å²) >= 11 is 7.33. The molecule has 0 amide bonds. The van der Waals surface area contributed by atoms with E-state index in [-0.39, 0.29) is 10.6 Å². The van der Waals surface area contributed by atoms with Gasteiger partial charge in [-0.05, 0) is 24.3 Å². The lowest BCUT2D eigenvalue weighted by Crippen LogP contribution is -1.99. The molecule has 3 nitrogen and oxygen atoms in total. The van der Waals surface area contributed by atoms with Crippen molar-refractivity contribution >= 4 is 40.2 Å². The van der Waals surface area contributed by atoms with Crippen molar-refractivity contribution in [1.82, 2.24) is 4.98 Å². The van der Waals surface area contributed by atoms with Gasteiger partial charge in [0, 0.05) is 15.8 Å². The van der Waals surface area contributed by atoms with E-state index < -0.39 is 5.97 Å². The highest BCUT2D eigenvalue weighted by Crippen LogP contribution is 2.34. The number of fused-ring (bicyclic) bond motifs is 1. The first-order valence-electron chi connectivity index (χ1n) is 5.92. The van der Waals surface area contributed by atoms with Crippen molar-refractivity contribution in [3.63, 3.8) is 0 Å². The minimum Gasteiger partial charge on any atom is -0.478 e. The third-order valence-corrected chi connectivity index (χ3v) is 4.23. The molecule has 2 N–H and O–H groups in total. The second-order valence-corrected chi connectivity index (χ2v) is 5.73. The lowest BCUT2D eigenvalue weighted by molar-refractivity contribution is 0.0693. The molecular weight excluding hydrogens is 294 g/mol. The van der Waals surface area contributed by atoms with Crippen molar-refractivity contribution in [2.45, 2.75) is 9.92 Å². The fraction of sp³-hybridized carbons (Fsp3) is 0. The maximum Gasteiger partial charge on any atom is 0.338 e. The fourth-order valence-corrected chi connectivity index (χ4v) is 3.36. The SMILES string of the molecule is O=C(O)c1c(Cl)cccc1Sc1cc2ccccc2[nH]1. The van der Waals surface area contributed by atoms with E-state index in [0.717, 1.165) is 15.9 Å². The molecular formula is C15H10ClNO2S. The van der Waals surface area contributed by atoms with Gasteiger partial charge in [0.2, 0.25) is 0 Å². The largest absolute Gasteiger partial charge is 0.478 e. The van der Waals surface area contributed by atoms with Crippen molar-refractivity contribution in [3.8, 4) is 0 Å². The molecule has 0 aliphatic heterocycles. The van der Waals surface area contributed by atoms with Crippen LogP contribution in [-0.4, -0.2) is 16.1 Å². The molecule has 20 heavy (non-hydrogen) atoms. The molecule has 0 spiro atoms. The second-order valence-electron chi connectivity index (χ2n) is 4.24. The van der Waals surface area contributed by atoms with E-state index in [0.29, 0.717) is 4.90 Å². The topological polar surface area (TPSA) is 53.1 Å². The Morgan fingerprint density at radius 2 is 1.95 bits per heavy atom. The Hall–Kier alpha value is -1.91. The Labute approximate surface area is 124 Å². The van der Waals surface area contributed by atoms with E-state index in [9.17, 15) is 9.90 Å². The number of para-hydroxylation sites is 1. The molecule has 0 bridgehead atoms. The van der Waals surface area contributed by atoms with Crippen LogP contribution in [0.15, 0.2) is 58.5 Å². The van der Waals surface area contributed by atoms with Gasteiger partial charge >= 0.3 is 5.97 Å². The zero-order valence-corrected chi connectivity index (χ0v) is 11.8. The average Bonchev–Trinajstić information content (AvgIpc) is 2.80. The summed E-state index contributed by atoms with van der Waals surface area (Å²) in [7, 11) is 0. The number of carbonyl (C=O) groups is 1. The number of hydrogen-bond donors (Lipinski definition) is 2. The molecule has 0 aliphatic rings. The van der Waals surface area contributed by atoms with Gasteiger partial charge in [0.05, 0.1) is 15.6 Å². The smallest absolute Gasteiger partial charge is 0.338 e. The Bertz CT molecular complexity index is 764. The van der Waals surface area contributed by atoms with Gasteiger partial charge in [-0.2, -0.15) is 0 Å². The number of nitrogens with one attached hydrogen (secondary N) is 1. The van der Waals surface area contributed by atoms with Crippen LogP contribution in [0.25, 0.3) is 10.9 Å². The highest BCUT2D eigenvalue weighted by atomic mass is 35.5. The lowest BCUT2D eigenvalue weighted by Gasteiger charge is -2.05. The Kier molecular flexibility index (Phi) is 3.42. The molecule has 100 valence electrons. The van der Waals surface area contributed by atoms with Crippen LogP contribution < -0.4 is 0 Å². The third-order valence-electron chi connectivity index (χ3n) is 2.91. The normalized spacial score (nSPS) is 10.8. The highest BCUT2D eigenvalue weighted by molar-refractivity contribution is 7.99. The van der Waals surface area contributed by atoms with E-state index >= 15 is 0 Å². The molecule has 0 fully saturated rings. The van der Waals surface area contributed by atoms with Crippen LogP contribution in [-0.2, 0) is 0 Å². The number of aromatic carboxylic acids is 1. The first-order valence-corrected chi connectivity index (χ1v) is 7.12. The molecule has 0 unspecified atom stereocenters. The minimum absolute atomic E-state index is 0.137. The van der Waals surface area contributed by atoms with Gasteiger partial charge in [-0.15, -0.1) is 0 Å². The molecule has 0 atom stereocenters. The molecule has 0 aliphatic carbocycles. The van der Waals surface area contributed by atoms with Crippen LogP contribution >= 0.6 is 23.4 Å². The predicted octanol–water partition coefficient (Wildman–Crippen LogP) is 4.67. The molecule has 2 aromatic carbocycles. The number of carboxylic acid groups (broad SMARTS) is 1. The van der Waals surface area contributed by atoms with E-state index in [4.69, 9.17) is 11.6 Å². The number of benzene rings is 2. The summed E-state index contributed by atoms with van der Waals surface area (Å²) in [6.07, 6.45) is 0. The van der Waals surface area contributed by atoms with Gasteiger partial charge in [0.15, 0.2) is 0 Å². The van der Waals surface area contributed by atoms with Crippen molar-refractivity contribution < 1.29 is 9.90 Å². The minimum atomic E-state index is -1.02. The quantitative estimate of drug-likeness (QED) is 0.739. The van der Waals surface area contributed by atoms with Crippen molar-refractivity contribution in [1.29, 1.82) is 0 Å². The summed E-state index contributed by atoms with van der Waals surface area (Å²) in [5.74, 6) is -1.02. The lowest BCUT2D eigenvalue weighted by atomic mass is 10.2. The van der Waals surface area contributed by atoms with Crippen LogP contribution in [0.2, 0.25) is 5.02 Å². The van der Waals surface area contributed by atoms with Crippen LogP contribution in [0.4, 0.5) is 0 Å². The summed E-state index contributed by atoms with van der Waals surface area (Å²) in [5, 5.41) is 11.5. The zero-order chi connectivity index (χ0) is 14.1. The Balaban J connectivity index is 2.02. The zero-order valence-electron chi connectivity index (χ0n) is 10.3. The number of hydrogen-bond acceptors (Lipinski definition) is 2. The van der Waals surface area contributed by atoms with E-state index in [1.807, 2.05) is 30.3 Å².